The Balaban J connectivity index is 1.13. The van der Waals surface area contributed by atoms with E-state index in [2.05, 4.69) is 40.0 Å². The lowest BCUT2D eigenvalue weighted by Gasteiger charge is -2.33. The molecule has 4 N–H and O–H groups in total. The SMILES string of the molecule is CN1CCN(Cc2ccc(NC(=O)Nc3ncc(-c4cn(C5CC5)c5ncnc(N)c45)n4ccnc34)cc2C(F)(F)F)CC1. The monoisotopic (exact) mass is 605 g/mol. The van der Waals surface area contributed by atoms with Crippen molar-refractivity contribution < 1.29 is 18.0 Å². The zero-order valence-electron chi connectivity index (χ0n) is 23.8. The number of anilines is 3. The van der Waals surface area contributed by atoms with Gasteiger partial charge in [0, 0.05) is 68.6 Å². The van der Waals surface area contributed by atoms with Gasteiger partial charge in [-0.1, -0.05) is 6.07 Å². The third-order valence-electron chi connectivity index (χ3n) is 8.18. The van der Waals surface area contributed by atoms with Crippen molar-refractivity contribution in [2.24, 2.45) is 0 Å². The van der Waals surface area contributed by atoms with E-state index in [1.165, 1.54) is 18.5 Å². The standard InChI is InChI=1S/C29H30F3N11O/c1-40-8-10-41(11-9-40)14-17-2-3-18(12-21(17)29(30,31)32)38-28(44)39-25-27-34-6-7-42(27)22(13-35-25)20-15-43(19-4-5-19)26-23(20)24(33)36-16-37-26/h2-3,6-7,12-13,15-16,19H,4-5,8-11,14H2,1H3,(H2,33,36,37)(H2,35,38,39,44). The summed E-state index contributed by atoms with van der Waals surface area (Å²) in [5, 5.41) is 5.84. The topological polar surface area (TPSA) is 135 Å². The summed E-state index contributed by atoms with van der Waals surface area (Å²) in [6, 6.07) is 3.45. The van der Waals surface area contributed by atoms with Crippen LogP contribution in [0.25, 0.3) is 27.9 Å². The van der Waals surface area contributed by atoms with E-state index in [0.717, 1.165) is 43.2 Å². The van der Waals surface area contributed by atoms with E-state index in [1.54, 1.807) is 23.0 Å². The second kappa shape index (κ2) is 10.7. The Bertz CT molecular complexity index is 1870. The summed E-state index contributed by atoms with van der Waals surface area (Å²) in [7, 11) is 1.99. The Hall–Kier alpha value is -4.76. The largest absolute Gasteiger partial charge is 0.416 e. The number of amides is 2. The number of imidazole rings is 1. The molecule has 1 saturated heterocycles. The number of fused-ring (bicyclic) bond motifs is 2. The number of urea groups is 1. The zero-order chi connectivity index (χ0) is 30.6. The summed E-state index contributed by atoms with van der Waals surface area (Å²) in [5.41, 5.74) is 8.18. The number of likely N-dealkylation sites (N-methyl/N-ethyl adjacent to an activating group) is 1. The Morgan fingerprint density at radius 1 is 1.05 bits per heavy atom. The molecule has 0 atom stereocenters. The number of aromatic nitrogens is 6. The number of halogens is 3. The van der Waals surface area contributed by atoms with Gasteiger partial charge in [-0.15, -0.1) is 0 Å². The average molecular weight is 606 g/mol. The molecule has 0 bridgehead atoms. The van der Waals surface area contributed by atoms with E-state index >= 15 is 0 Å². The highest BCUT2D eigenvalue weighted by atomic mass is 19.4. The lowest BCUT2D eigenvalue weighted by atomic mass is 10.0. The molecule has 12 nitrogen and oxygen atoms in total. The van der Waals surface area contributed by atoms with Gasteiger partial charge in [0.05, 0.1) is 22.8 Å². The highest BCUT2D eigenvalue weighted by Crippen LogP contribution is 2.42. The first-order chi connectivity index (χ1) is 21.2. The molecule has 4 aromatic heterocycles. The number of rotatable bonds is 6. The molecule has 0 radical (unpaired) electrons. The van der Waals surface area contributed by atoms with E-state index in [1.807, 2.05) is 18.1 Å². The Kier molecular flexibility index (Phi) is 6.85. The smallest absolute Gasteiger partial charge is 0.383 e. The second-order valence-electron chi connectivity index (χ2n) is 11.3. The molecular weight excluding hydrogens is 575 g/mol. The van der Waals surface area contributed by atoms with Crippen LogP contribution >= 0.6 is 0 Å². The normalized spacial score (nSPS) is 16.5. The number of nitrogens with one attached hydrogen (secondary N) is 2. The maximum Gasteiger partial charge on any atom is 0.416 e. The maximum atomic E-state index is 14.0. The van der Waals surface area contributed by atoms with Crippen LogP contribution in [0.5, 0.6) is 0 Å². The number of nitrogens with two attached hydrogens (primary N) is 1. The summed E-state index contributed by atoms with van der Waals surface area (Å²) in [4.78, 5) is 34.6. The molecule has 1 saturated carbocycles. The van der Waals surface area contributed by atoms with Crippen LogP contribution in [0.15, 0.2) is 49.3 Å². The van der Waals surface area contributed by atoms with E-state index in [-0.39, 0.29) is 23.6 Å². The number of carbonyl (C=O) groups excluding carboxylic acids is 1. The molecule has 2 fully saturated rings. The van der Waals surface area contributed by atoms with Gasteiger partial charge < -0.3 is 20.5 Å². The van der Waals surface area contributed by atoms with Crippen LogP contribution in [-0.2, 0) is 12.7 Å². The summed E-state index contributed by atoms with van der Waals surface area (Å²) in [6.45, 7) is 3.15. The summed E-state index contributed by atoms with van der Waals surface area (Å²) in [5.74, 6) is 0.473. The molecule has 0 unspecified atom stereocenters. The molecular formula is C29H30F3N11O. The quantitative estimate of drug-likeness (QED) is 0.258. The summed E-state index contributed by atoms with van der Waals surface area (Å²) in [6.07, 6.45) is 5.82. The average Bonchev–Trinajstić information content (AvgIpc) is 3.56. The molecule has 7 rings (SSSR count). The number of hydrogen-bond acceptors (Lipinski definition) is 8. The lowest BCUT2D eigenvalue weighted by molar-refractivity contribution is -0.138. The van der Waals surface area contributed by atoms with Crippen molar-refractivity contribution in [2.75, 3.05) is 49.6 Å². The number of nitrogens with zero attached hydrogens (tertiary/aromatic N) is 8. The van der Waals surface area contributed by atoms with Crippen LogP contribution in [-0.4, -0.2) is 78.0 Å². The number of hydrogen-bond donors (Lipinski definition) is 3. The minimum Gasteiger partial charge on any atom is -0.383 e. The number of alkyl halides is 3. The summed E-state index contributed by atoms with van der Waals surface area (Å²) < 4.78 is 45.9. The molecule has 0 spiro atoms. The number of piperazine rings is 1. The van der Waals surface area contributed by atoms with Gasteiger partial charge >= 0.3 is 12.2 Å². The highest BCUT2D eigenvalue weighted by molar-refractivity contribution is 6.02. The third-order valence-corrected chi connectivity index (χ3v) is 8.18. The Morgan fingerprint density at radius 2 is 1.84 bits per heavy atom. The van der Waals surface area contributed by atoms with Gasteiger partial charge in [-0.3, -0.25) is 14.6 Å². The second-order valence-corrected chi connectivity index (χ2v) is 11.3. The van der Waals surface area contributed by atoms with Gasteiger partial charge in [0.2, 0.25) is 0 Å². The van der Waals surface area contributed by atoms with E-state index in [0.29, 0.717) is 41.7 Å². The molecule has 1 aliphatic carbocycles. The van der Waals surface area contributed by atoms with Crippen molar-refractivity contribution in [1.82, 2.24) is 38.7 Å². The van der Waals surface area contributed by atoms with Gasteiger partial charge in [-0.05, 0) is 37.6 Å². The van der Waals surface area contributed by atoms with E-state index in [9.17, 15) is 18.0 Å². The summed E-state index contributed by atoms with van der Waals surface area (Å²) >= 11 is 0. The first-order valence-corrected chi connectivity index (χ1v) is 14.3. The fourth-order valence-corrected chi connectivity index (χ4v) is 5.71. The molecule has 1 aliphatic heterocycles. The first kappa shape index (κ1) is 28.0. The number of nitrogen functional groups attached to an aromatic ring is 1. The van der Waals surface area contributed by atoms with Gasteiger partial charge in [0.15, 0.2) is 11.5 Å². The predicted octanol–water partition coefficient (Wildman–Crippen LogP) is 4.47. The van der Waals surface area contributed by atoms with Crippen LogP contribution in [0.3, 0.4) is 0 Å². The highest BCUT2D eigenvalue weighted by Gasteiger charge is 2.34. The Morgan fingerprint density at radius 3 is 2.59 bits per heavy atom. The van der Waals surface area contributed by atoms with Gasteiger partial charge in [-0.2, -0.15) is 13.2 Å². The van der Waals surface area contributed by atoms with Crippen molar-refractivity contribution in [3.8, 4) is 11.3 Å². The van der Waals surface area contributed by atoms with Crippen LogP contribution < -0.4 is 16.4 Å². The minimum atomic E-state index is -4.58. The van der Waals surface area contributed by atoms with Crippen molar-refractivity contribution >= 4 is 40.0 Å². The van der Waals surface area contributed by atoms with Crippen molar-refractivity contribution in [3.63, 3.8) is 0 Å². The molecule has 5 aromatic rings. The molecule has 2 amide bonds. The van der Waals surface area contributed by atoms with Crippen molar-refractivity contribution in [1.29, 1.82) is 0 Å². The fourth-order valence-electron chi connectivity index (χ4n) is 5.71. The van der Waals surface area contributed by atoms with Gasteiger partial charge in [0.25, 0.3) is 0 Å². The van der Waals surface area contributed by atoms with Crippen LogP contribution in [0.2, 0.25) is 0 Å². The lowest BCUT2D eigenvalue weighted by Crippen LogP contribution is -2.44. The van der Waals surface area contributed by atoms with Crippen molar-refractivity contribution in [3.05, 3.63) is 60.4 Å². The van der Waals surface area contributed by atoms with Crippen LogP contribution in [0.1, 0.15) is 30.0 Å². The van der Waals surface area contributed by atoms with Gasteiger partial charge in [0.1, 0.15) is 17.8 Å². The molecule has 44 heavy (non-hydrogen) atoms. The molecule has 1 aromatic carbocycles. The first-order valence-electron chi connectivity index (χ1n) is 14.3. The predicted molar refractivity (Wildman–Crippen MR) is 159 cm³/mol. The molecule has 2 aliphatic rings. The fraction of sp³-hybridized carbons (Fsp3) is 0.345. The maximum absolute atomic E-state index is 14.0. The van der Waals surface area contributed by atoms with Crippen LogP contribution in [0, 0.1) is 0 Å². The molecule has 5 heterocycles. The number of benzene rings is 1. The molecule has 15 heteroatoms. The molecule has 228 valence electrons. The van der Waals surface area contributed by atoms with Crippen LogP contribution in [0.4, 0.5) is 35.3 Å². The third kappa shape index (κ3) is 5.28. The number of carbonyl (C=O) groups is 1. The van der Waals surface area contributed by atoms with E-state index in [4.69, 9.17) is 5.73 Å². The van der Waals surface area contributed by atoms with Gasteiger partial charge in [-0.25, -0.2) is 24.7 Å². The zero-order valence-corrected chi connectivity index (χ0v) is 23.8. The minimum absolute atomic E-state index is 0.0105. The Labute approximate surface area is 249 Å². The van der Waals surface area contributed by atoms with E-state index < -0.39 is 17.8 Å². The van der Waals surface area contributed by atoms with Crippen molar-refractivity contribution in [2.45, 2.75) is 31.6 Å².